The molecule has 1 aliphatic heterocycles. The third-order valence-corrected chi connectivity index (χ3v) is 6.16. The largest absolute Gasteiger partial charge is 0.312 e. The normalized spacial score (nSPS) is 12.8. The van der Waals surface area contributed by atoms with Crippen molar-refractivity contribution < 1.29 is 4.79 Å². The SMILES string of the molecule is Cc1nc(SCc2cccc(Cl)c2)[nH]c(=O)c1CC(=O)N1CCc2ccccc21. The molecule has 1 N–H and O–H groups in total. The Morgan fingerprint density at radius 1 is 1.24 bits per heavy atom. The Morgan fingerprint density at radius 3 is 2.86 bits per heavy atom. The maximum absolute atomic E-state index is 12.8. The van der Waals surface area contributed by atoms with E-state index in [-0.39, 0.29) is 17.9 Å². The topological polar surface area (TPSA) is 66.1 Å². The lowest BCUT2D eigenvalue weighted by Gasteiger charge is -2.17. The van der Waals surface area contributed by atoms with Gasteiger partial charge in [0.05, 0.1) is 6.42 Å². The lowest BCUT2D eigenvalue weighted by molar-refractivity contribution is -0.117. The molecule has 1 aromatic heterocycles. The lowest BCUT2D eigenvalue weighted by Crippen LogP contribution is -2.33. The number of fused-ring (bicyclic) bond motifs is 1. The number of nitrogens with one attached hydrogen (secondary N) is 1. The third-order valence-electron chi connectivity index (χ3n) is 4.98. The number of aromatic amines is 1. The number of benzene rings is 2. The number of rotatable bonds is 5. The number of para-hydroxylation sites is 1. The van der Waals surface area contributed by atoms with E-state index in [1.165, 1.54) is 11.8 Å². The molecule has 0 bridgehead atoms. The van der Waals surface area contributed by atoms with Crippen LogP contribution in [-0.2, 0) is 23.4 Å². The van der Waals surface area contributed by atoms with Crippen LogP contribution in [0.4, 0.5) is 5.69 Å². The van der Waals surface area contributed by atoms with E-state index in [4.69, 9.17) is 11.6 Å². The van der Waals surface area contributed by atoms with Crippen molar-refractivity contribution in [2.75, 3.05) is 11.4 Å². The van der Waals surface area contributed by atoms with Crippen molar-refractivity contribution >= 4 is 35.0 Å². The number of H-pyrrole nitrogens is 1. The predicted molar refractivity (Wildman–Crippen MR) is 117 cm³/mol. The fourth-order valence-corrected chi connectivity index (χ4v) is 4.55. The number of hydrogen-bond acceptors (Lipinski definition) is 4. The van der Waals surface area contributed by atoms with Crippen LogP contribution in [0.15, 0.2) is 58.5 Å². The number of aryl methyl sites for hydroxylation is 1. The number of aromatic nitrogens is 2. The number of thioether (sulfide) groups is 1. The van der Waals surface area contributed by atoms with Crippen molar-refractivity contribution in [3.63, 3.8) is 0 Å². The highest BCUT2D eigenvalue weighted by molar-refractivity contribution is 7.98. The lowest BCUT2D eigenvalue weighted by atomic mass is 10.1. The van der Waals surface area contributed by atoms with Crippen LogP contribution in [-0.4, -0.2) is 22.4 Å². The minimum atomic E-state index is -0.257. The smallest absolute Gasteiger partial charge is 0.255 e. The molecule has 1 amide bonds. The van der Waals surface area contributed by atoms with Gasteiger partial charge in [0.1, 0.15) is 0 Å². The highest BCUT2D eigenvalue weighted by Crippen LogP contribution is 2.28. The van der Waals surface area contributed by atoms with E-state index in [0.29, 0.717) is 33.7 Å². The fraction of sp³-hybridized carbons (Fsp3) is 0.227. The molecule has 4 rings (SSSR count). The van der Waals surface area contributed by atoms with Gasteiger partial charge in [-0.1, -0.05) is 53.7 Å². The number of nitrogens with zero attached hydrogens (tertiary/aromatic N) is 2. The van der Waals surface area contributed by atoms with E-state index in [1.54, 1.807) is 11.8 Å². The van der Waals surface area contributed by atoms with Crippen LogP contribution < -0.4 is 10.5 Å². The average molecular weight is 426 g/mol. The van der Waals surface area contributed by atoms with Crippen LogP contribution in [0.1, 0.15) is 22.4 Å². The number of carbonyl (C=O) groups excluding carboxylic acids is 1. The molecule has 5 nitrogen and oxygen atoms in total. The van der Waals surface area contributed by atoms with E-state index in [9.17, 15) is 9.59 Å². The zero-order valence-corrected chi connectivity index (χ0v) is 17.5. The number of halogens is 1. The van der Waals surface area contributed by atoms with Gasteiger partial charge < -0.3 is 9.88 Å². The molecule has 2 aromatic carbocycles. The van der Waals surface area contributed by atoms with Gasteiger partial charge in [-0.3, -0.25) is 9.59 Å². The van der Waals surface area contributed by atoms with Gasteiger partial charge in [0.2, 0.25) is 5.91 Å². The Hall–Kier alpha value is -2.57. The van der Waals surface area contributed by atoms with Gasteiger partial charge >= 0.3 is 0 Å². The Bertz CT molecular complexity index is 1130. The molecule has 3 aromatic rings. The summed E-state index contributed by atoms with van der Waals surface area (Å²) in [7, 11) is 0. The molecule has 2 heterocycles. The Balaban J connectivity index is 1.48. The molecule has 0 spiro atoms. The molecule has 0 saturated heterocycles. The number of carbonyl (C=O) groups is 1. The van der Waals surface area contributed by atoms with Gasteiger partial charge in [0, 0.05) is 34.3 Å². The number of anilines is 1. The molecule has 29 heavy (non-hydrogen) atoms. The standard InChI is InChI=1S/C22H20ClN3O2S/c1-14-18(12-20(27)26-10-9-16-6-2-3-8-19(16)26)21(28)25-22(24-14)29-13-15-5-4-7-17(23)11-15/h2-8,11H,9-10,12-13H2,1H3,(H,24,25,28). The first-order valence-corrected chi connectivity index (χ1v) is 10.7. The number of hydrogen-bond donors (Lipinski definition) is 1. The van der Waals surface area contributed by atoms with Gasteiger partial charge in [-0.25, -0.2) is 4.98 Å². The number of amides is 1. The quantitative estimate of drug-likeness (QED) is 0.492. The summed E-state index contributed by atoms with van der Waals surface area (Å²) in [6.45, 7) is 2.43. The molecule has 0 unspecified atom stereocenters. The van der Waals surface area contributed by atoms with Crippen molar-refractivity contribution in [1.82, 2.24) is 9.97 Å². The maximum Gasteiger partial charge on any atom is 0.255 e. The molecule has 148 valence electrons. The zero-order valence-electron chi connectivity index (χ0n) is 15.9. The molecule has 0 atom stereocenters. The van der Waals surface area contributed by atoms with Crippen LogP contribution in [0.5, 0.6) is 0 Å². The predicted octanol–water partition coefficient (Wildman–Crippen LogP) is 4.16. The summed E-state index contributed by atoms with van der Waals surface area (Å²) in [6.07, 6.45) is 0.885. The van der Waals surface area contributed by atoms with Gasteiger partial charge in [-0.2, -0.15) is 0 Å². The van der Waals surface area contributed by atoms with Gasteiger partial charge in [-0.15, -0.1) is 0 Å². The molecule has 7 heteroatoms. The Morgan fingerprint density at radius 2 is 2.07 bits per heavy atom. The van der Waals surface area contributed by atoms with Gasteiger partial charge in [0.15, 0.2) is 5.16 Å². The third kappa shape index (κ3) is 4.38. The second-order valence-electron chi connectivity index (χ2n) is 6.95. The molecule has 0 saturated carbocycles. The second-order valence-corrected chi connectivity index (χ2v) is 8.35. The maximum atomic E-state index is 12.8. The molecule has 0 fully saturated rings. The van der Waals surface area contributed by atoms with Crippen molar-refractivity contribution in [2.24, 2.45) is 0 Å². The molecular formula is C22H20ClN3O2S. The van der Waals surface area contributed by atoms with Crippen molar-refractivity contribution in [2.45, 2.75) is 30.7 Å². The first-order chi connectivity index (χ1) is 14.0. The molecular weight excluding hydrogens is 406 g/mol. The van der Waals surface area contributed by atoms with E-state index in [1.807, 2.05) is 48.5 Å². The first kappa shape index (κ1) is 19.7. The zero-order chi connectivity index (χ0) is 20.4. The Kier molecular flexibility index (Phi) is 5.74. The molecule has 0 aliphatic carbocycles. The van der Waals surface area contributed by atoms with Gasteiger partial charge in [0.25, 0.3) is 5.56 Å². The van der Waals surface area contributed by atoms with Crippen molar-refractivity contribution in [3.8, 4) is 0 Å². The summed E-state index contributed by atoms with van der Waals surface area (Å²) < 4.78 is 0. The second kappa shape index (κ2) is 8.43. The van der Waals surface area contributed by atoms with E-state index >= 15 is 0 Å². The van der Waals surface area contributed by atoms with Crippen LogP contribution in [0, 0.1) is 6.92 Å². The van der Waals surface area contributed by atoms with Crippen molar-refractivity contribution in [3.05, 3.63) is 86.3 Å². The average Bonchev–Trinajstić information content (AvgIpc) is 3.13. The van der Waals surface area contributed by atoms with Crippen LogP contribution >= 0.6 is 23.4 Å². The van der Waals surface area contributed by atoms with E-state index in [2.05, 4.69) is 9.97 Å². The van der Waals surface area contributed by atoms with E-state index < -0.39 is 0 Å². The fourth-order valence-electron chi connectivity index (χ4n) is 3.48. The first-order valence-electron chi connectivity index (χ1n) is 9.36. The van der Waals surface area contributed by atoms with Gasteiger partial charge in [-0.05, 0) is 42.7 Å². The summed E-state index contributed by atoms with van der Waals surface area (Å²) in [5.74, 6) is 0.566. The van der Waals surface area contributed by atoms with Crippen molar-refractivity contribution in [1.29, 1.82) is 0 Å². The van der Waals surface area contributed by atoms with Crippen LogP contribution in [0.25, 0.3) is 0 Å². The monoisotopic (exact) mass is 425 g/mol. The van der Waals surface area contributed by atoms with Crippen LogP contribution in [0.2, 0.25) is 5.02 Å². The highest BCUT2D eigenvalue weighted by atomic mass is 35.5. The summed E-state index contributed by atoms with van der Waals surface area (Å²) in [4.78, 5) is 34.5. The minimum Gasteiger partial charge on any atom is -0.312 e. The highest BCUT2D eigenvalue weighted by Gasteiger charge is 2.25. The minimum absolute atomic E-state index is 0.0434. The summed E-state index contributed by atoms with van der Waals surface area (Å²) in [5.41, 5.74) is 3.90. The van der Waals surface area contributed by atoms with Crippen LogP contribution in [0.3, 0.4) is 0 Å². The van der Waals surface area contributed by atoms with E-state index in [0.717, 1.165) is 23.2 Å². The summed E-state index contributed by atoms with van der Waals surface area (Å²) in [5, 5.41) is 1.22. The summed E-state index contributed by atoms with van der Waals surface area (Å²) >= 11 is 7.45. The summed E-state index contributed by atoms with van der Waals surface area (Å²) in [6, 6.07) is 15.5. The molecule has 1 aliphatic rings. The Labute approximate surface area is 178 Å². The molecule has 0 radical (unpaired) electrons.